The van der Waals surface area contributed by atoms with E-state index in [1.807, 2.05) is 30.5 Å². The van der Waals surface area contributed by atoms with Gasteiger partial charge in [0, 0.05) is 18.0 Å². The molecule has 132 valence electrons. The highest BCUT2D eigenvalue weighted by molar-refractivity contribution is 7.98. The van der Waals surface area contributed by atoms with Crippen molar-refractivity contribution in [3.8, 4) is 0 Å². The van der Waals surface area contributed by atoms with Crippen LogP contribution < -0.4 is 5.32 Å². The van der Waals surface area contributed by atoms with Crippen molar-refractivity contribution >= 4 is 17.7 Å². The van der Waals surface area contributed by atoms with Crippen molar-refractivity contribution in [2.45, 2.75) is 24.3 Å². The minimum absolute atomic E-state index is 0.0525. The molecule has 2 aromatic carbocycles. The largest absolute Gasteiger partial charge is 0.352 e. The van der Waals surface area contributed by atoms with Crippen molar-refractivity contribution in [3.63, 3.8) is 0 Å². The first-order valence-electron chi connectivity index (χ1n) is 8.94. The number of benzene rings is 2. The molecule has 0 bridgehead atoms. The number of piperidine rings is 1. The Kier molecular flexibility index (Phi) is 6.54. The maximum atomic E-state index is 12.4. The van der Waals surface area contributed by atoms with E-state index in [-0.39, 0.29) is 5.91 Å². The molecule has 0 spiro atoms. The lowest BCUT2D eigenvalue weighted by molar-refractivity contribution is 0.0932. The van der Waals surface area contributed by atoms with Crippen LogP contribution in [0.15, 0.2) is 59.5 Å². The minimum Gasteiger partial charge on any atom is -0.352 e. The molecule has 0 aromatic heterocycles. The standard InChI is InChI=1S/C21H26N2OS/c1-25-20-10-6-5-9-19(20)21(24)22-15-17-11-13-23(14-12-17)16-18-7-3-2-4-8-18/h2-10,17H,11-16H2,1H3,(H,22,24). The Morgan fingerprint density at radius 3 is 2.48 bits per heavy atom. The molecule has 0 saturated carbocycles. The molecule has 0 radical (unpaired) electrons. The predicted octanol–water partition coefficient (Wildman–Crippen LogP) is 4.05. The number of rotatable bonds is 6. The van der Waals surface area contributed by atoms with Crippen LogP contribution in [0.3, 0.4) is 0 Å². The Morgan fingerprint density at radius 1 is 1.08 bits per heavy atom. The first-order valence-corrected chi connectivity index (χ1v) is 10.2. The van der Waals surface area contributed by atoms with E-state index in [2.05, 4.69) is 40.5 Å². The fourth-order valence-electron chi connectivity index (χ4n) is 3.35. The quantitative estimate of drug-likeness (QED) is 0.794. The van der Waals surface area contributed by atoms with E-state index >= 15 is 0 Å². The topological polar surface area (TPSA) is 32.3 Å². The number of amides is 1. The van der Waals surface area contributed by atoms with Crippen LogP contribution in [-0.2, 0) is 6.54 Å². The zero-order valence-corrected chi connectivity index (χ0v) is 15.6. The molecular weight excluding hydrogens is 328 g/mol. The van der Waals surface area contributed by atoms with Gasteiger partial charge in [-0.15, -0.1) is 11.8 Å². The van der Waals surface area contributed by atoms with E-state index in [0.29, 0.717) is 5.92 Å². The number of carbonyl (C=O) groups excluding carboxylic acids is 1. The molecule has 3 rings (SSSR count). The Morgan fingerprint density at radius 2 is 1.76 bits per heavy atom. The predicted molar refractivity (Wildman–Crippen MR) is 105 cm³/mol. The lowest BCUT2D eigenvalue weighted by Crippen LogP contribution is -2.38. The third-order valence-corrected chi connectivity index (χ3v) is 5.65. The Balaban J connectivity index is 1.44. The molecule has 0 atom stereocenters. The van der Waals surface area contributed by atoms with Gasteiger partial charge in [-0.2, -0.15) is 0 Å². The van der Waals surface area contributed by atoms with Crippen LogP contribution in [0.4, 0.5) is 0 Å². The molecule has 1 amide bonds. The summed E-state index contributed by atoms with van der Waals surface area (Å²) in [5, 5.41) is 3.14. The van der Waals surface area contributed by atoms with Gasteiger partial charge < -0.3 is 5.32 Å². The number of nitrogens with one attached hydrogen (secondary N) is 1. The molecule has 1 saturated heterocycles. The second-order valence-corrected chi connectivity index (χ2v) is 7.46. The van der Waals surface area contributed by atoms with Gasteiger partial charge in [0.05, 0.1) is 5.56 Å². The van der Waals surface area contributed by atoms with Crippen LogP contribution in [0, 0.1) is 5.92 Å². The summed E-state index contributed by atoms with van der Waals surface area (Å²) < 4.78 is 0. The highest BCUT2D eigenvalue weighted by atomic mass is 32.2. The van der Waals surface area contributed by atoms with Gasteiger partial charge in [-0.25, -0.2) is 0 Å². The van der Waals surface area contributed by atoms with E-state index in [1.54, 1.807) is 11.8 Å². The minimum atomic E-state index is 0.0525. The Hall–Kier alpha value is -1.78. The first kappa shape index (κ1) is 18.0. The second-order valence-electron chi connectivity index (χ2n) is 6.62. The summed E-state index contributed by atoms with van der Waals surface area (Å²) in [6.45, 7) is 4.02. The average Bonchev–Trinajstić information content (AvgIpc) is 2.68. The number of thioether (sulfide) groups is 1. The maximum absolute atomic E-state index is 12.4. The van der Waals surface area contributed by atoms with Gasteiger partial charge in [0.25, 0.3) is 5.91 Å². The van der Waals surface area contributed by atoms with Crippen molar-refractivity contribution in [1.29, 1.82) is 0 Å². The van der Waals surface area contributed by atoms with Gasteiger partial charge in [0.1, 0.15) is 0 Å². The summed E-state index contributed by atoms with van der Waals surface area (Å²) in [5.74, 6) is 0.633. The zero-order valence-electron chi connectivity index (χ0n) is 14.8. The molecule has 3 nitrogen and oxygen atoms in total. The summed E-state index contributed by atoms with van der Waals surface area (Å²) in [7, 11) is 0. The fraction of sp³-hybridized carbons (Fsp3) is 0.381. The summed E-state index contributed by atoms with van der Waals surface area (Å²) in [6, 6.07) is 18.5. The summed E-state index contributed by atoms with van der Waals surface area (Å²) in [5.41, 5.74) is 2.17. The lowest BCUT2D eigenvalue weighted by Gasteiger charge is -2.32. The summed E-state index contributed by atoms with van der Waals surface area (Å²) in [6.07, 6.45) is 4.31. The molecular formula is C21H26N2OS. The van der Waals surface area contributed by atoms with Crippen LogP contribution >= 0.6 is 11.8 Å². The normalized spacial score (nSPS) is 15.9. The lowest BCUT2D eigenvalue weighted by atomic mass is 9.96. The van der Waals surface area contributed by atoms with Crippen LogP contribution in [0.5, 0.6) is 0 Å². The first-order chi connectivity index (χ1) is 12.3. The van der Waals surface area contributed by atoms with Gasteiger partial charge >= 0.3 is 0 Å². The van der Waals surface area contributed by atoms with E-state index < -0.39 is 0 Å². The molecule has 1 N–H and O–H groups in total. The van der Waals surface area contributed by atoms with Crippen LogP contribution in [-0.4, -0.2) is 36.7 Å². The molecule has 2 aromatic rings. The van der Waals surface area contributed by atoms with E-state index in [0.717, 1.165) is 49.5 Å². The molecule has 1 heterocycles. The fourth-order valence-corrected chi connectivity index (χ4v) is 3.95. The summed E-state index contributed by atoms with van der Waals surface area (Å²) >= 11 is 1.62. The van der Waals surface area contributed by atoms with Gasteiger partial charge in [-0.3, -0.25) is 9.69 Å². The molecule has 25 heavy (non-hydrogen) atoms. The monoisotopic (exact) mass is 354 g/mol. The van der Waals surface area contributed by atoms with E-state index in [1.165, 1.54) is 5.56 Å². The smallest absolute Gasteiger partial charge is 0.252 e. The molecule has 1 fully saturated rings. The molecule has 4 heteroatoms. The van der Waals surface area contributed by atoms with E-state index in [9.17, 15) is 4.79 Å². The number of hydrogen-bond donors (Lipinski definition) is 1. The van der Waals surface area contributed by atoms with Gasteiger partial charge in [-0.05, 0) is 55.8 Å². The number of likely N-dealkylation sites (tertiary alicyclic amines) is 1. The molecule has 1 aliphatic rings. The average molecular weight is 355 g/mol. The molecule has 0 unspecified atom stereocenters. The Labute approximate surface area is 154 Å². The SMILES string of the molecule is CSc1ccccc1C(=O)NCC1CCN(Cc2ccccc2)CC1. The zero-order chi connectivity index (χ0) is 17.5. The number of carbonyl (C=O) groups is 1. The molecule has 1 aliphatic heterocycles. The highest BCUT2D eigenvalue weighted by Crippen LogP contribution is 2.21. The summed E-state index contributed by atoms with van der Waals surface area (Å²) in [4.78, 5) is 16.0. The second kappa shape index (κ2) is 9.07. The third-order valence-electron chi connectivity index (χ3n) is 4.86. The molecule has 0 aliphatic carbocycles. The highest BCUT2D eigenvalue weighted by Gasteiger charge is 2.20. The van der Waals surface area contributed by atoms with Crippen LogP contribution in [0.2, 0.25) is 0 Å². The van der Waals surface area contributed by atoms with Crippen LogP contribution in [0.25, 0.3) is 0 Å². The van der Waals surface area contributed by atoms with Crippen LogP contribution in [0.1, 0.15) is 28.8 Å². The van der Waals surface area contributed by atoms with Crippen molar-refractivity contribution in [1.82, 2.24) is 10.2 Å². The number of hydrogen-bond acceptors (Lipinski definition) is 3. The van der Waals surface area contributed by atoms with Crippen molar-refractivity contribution in [2.24, 2.45) is 5.92 Å². The van der Waals surface area contributed by atoms with Gasteiger partial charge in [-0.1, -0.05) is 42.5 Å². The van der Waals surface area contributed by atoms with Crippen molar-refractivity contribution < 1.29 is 4.79 Å². The van der Waals surface area contributed by atoms with Gasteiger partial charge in [0.2, 0.25) is 0 Å². The maximum Gasteiger partial charge on any atom is 0.252 e. The number of nitrogens with zero attached hydrogens (tertiary/aromatic N) is 1. The van der Waals surface area contributed by atoms with Crippen molar-refractivity contribution in [2.75, 3.05) is 25.9 Å². The third kappa shape index (κ3) is 5.10. The Bertz CT molecular complexity index is 681. The van der Waals surface area contributed by atoms with Crippen molar-refractivity contribution in [3.05, 3.63) is 65.7 Å². The van der Waals surface area contributed by atoms with Gasteiger partial charge in [0.15, 0.2) is 0 Å². The van der Waals surface area contributed by atoms with E-state index in [4.69, 9.17) is 0 Å².